The third-order valence-electron chi connectivity index (χ3n) is 18.0. The highest BCUT2D eigenvalue weighted by atomic mass is 16.7. The first-order valence-electron chi connectivity index (χ1n) is 38.4. The quantitative estimate of drug-likeness (QED) is 0.0261. The van der Waals surface area contributed by atoms with Gasteiger partial charge in [0.15, 0.2) is 6.29 Å². The number of hydrogen-bond donors (Lipinski definition) is 6. The third kappa shape index (κ3) is 56.6. The minimum absolute atomic E-state index is 0.141. The minimum Gasteiger partial charge on any atom is -0.394 e. The molecule has 1 fully saturated rings. The molecule has 1 aliphatic heterocycles. The van der Waals surface area contributed by atoms with Gasteiger partial charge in [0, 0.05) is 6.42 Å². The summed E-state index contributed by atoms with van der Waals surface area (Å²) in [6.07, 6.45) is 93.5. The molecule has 90 heavy (non-hydrogen) atoms. The summed E-state index contributed by atoms with van der Waals surface area (Å²) in [4.78, 5) is 13.2. The molecule has 0 bridgehead atoms. The fourth-order valence-corrected chi connectivity index (χ4v) is 12.0. The van der Waals surface area contributed by atoms with Gasteiger partial charge in [0.25, 0.3) is 0 Å². The van der Waals surface area contributed by atoms with Crippen molar-refractivity contribution in [2.24, 2.45) is 0 Å². The van der Waals surface area contributed by atoms with E-state index >= 15 is 0 Å². The van der Waals surface area contributed by atoms with Crippen molar-refractivity contribution in [1.82, 2.24) is 5.32 Å². The average Bonchev–Trinajstić information content (AvgIpc) is 1.28. The topological polar surface area (TPSA) is 149 Å². The van der Waals surface area contributed by atoms with Crippen LogP contribution in [0, 0.1) is 0 Å². The Bertz CT molecular complexity index is 1750. The van der Waals surface area contributed by atoms with Crippen LogP contribution >= 0.6 is 0 Å². The van der Waals surface area contributed by atoms with Gasteiger partial charge in [-0.3, -0.25) is 4.79 Å². The number of rotatable bonds is 67. The number of nitrogens with one attached hydrogen (secondary N) is 1. The first-order chi connectivity index (χ1) is 44.3. The van der Waals surface area contributed by atoms with E-state index in [9.17, 15) is 30.3 Å². The van der Waals surface area contributed by atoms with E-state index in [0.717, 1.165) is 89.9 Å². The molecule has 0 aromatic rings. The highest BCUT2D eigenvalue weighted by Crippen LogP contribution is 2.24. The Morgan fingerprint density at radius 3 is 1.02 bits per heavy atom. The first-order valence-corrected chi connectivity index (χ1v) is 38.4. The van der Waals surface area contributed by atoms with Crippen LogP contribution < -0.4 is 5.32 Å². The number of carbonyl (C=O) groups excluding carboxylic acids is 1. The van der Waals surface area contributed by atoms with Gasteiger partial charge in [-0.1, -0.05) is 368 Å². The van der Waals surface area contributed by atoms with Gasteiger partial charge in [0.1, 0.15) is 24.4 Å². The molecule has 0 spiro atoms. The number of unbranched alkanes of at least 4 members (excludes halogenated alkanes) is 41. The predicted octanol–water partition coefficient (Wildman–Crippen LogP) is 21.8. The Kier molecular flexibility index (Phi) is 65.2. The van der Waals surface area contributed by atoms with E-state index in [4.69, 9.17) is 9.47 Å². The zero-order valence-corrected chi connectivity index (χ0v) is 58.6. The summed E-state index contributed by atoms with van der Waals surface area (Å²) in [5.41, 5.74) is 0. The molecule has 9 heteroatoms. The second kappa shape index (κ2) is 69.0. The van der Waals surface area contributed by atoms with Gasteiger partial charge >= 0.3 is 0 Å². The highest BCUT2D eigenvalue weighted by Gasteiger charge is 2.44. The van der Waals surface area contributed by atoms with Crippen molar-refractivity contribution >= 4 is 5.91 Å². The molecule has 522 valence electrons. The Morgan fingerprint density at radius 1 is 0.389 bits per heavy atom. The molecule has 7 atom stereocenters. The molecule has 6 N–H and O–H groups in total. The average molecular weight is 1260 g/mol. The molecule has 1 amide bonds. The first kappa shape index (κ1) is 85.1. The number of hydrogen-bond acceptors (Lipinski definition) is 8. The van der Waals surface area contributed by atoms with Crippen molar-refractivity contribution in [2.45, 2.75) is 397 Å². The van der Waals surface area contributed by atoms with Gasteiger partial charge in [-0.2, -0.15) is 0 Å². The number of allylic oxidation sites excluding steroid dienone is 16. The second-order valence-corrected chi connectivity index (χ2v) is 26.4. The standard InChI is InChI=1S/C81H145NO8/c1-3-5-7-9-11-13-15-17-19-21-23-25-27-29-31-33-35-36-37-38-39-40-41-43-45-47-49-51-53-55-57-59-61-63-65-67-69-71-77(85)82-74(73-89-81-80(88)79(87)78(86)76(72-83)90-81)75(84)70-68-66-64-62-60-58-56-54-52-50-48-46-44-42-34-32-30-28-26-24-22-20-18-16-14-12-10-8-6-4-2/h5,7,11,13,17,19,23,25,29,31,35-36,38-39,41,43,74-76,78-81,83-84,86-88H,3-4,6,8-10,12,14-16,18,20-22,24,26-28,30,32-34,37,40,42,44-73H2,1-2H3,(H,82,85)/b7-5-,13-11-,19-17-,25-23-,31-29-,36-35-,39-38-,43-41-. The van der Waals surface area contributed by atoms with Crippen LogP contribution in [0.2, 0.25) is 0 Å². The number of ether oxygens (including phenoxy) is 2. The van der Waals surface area contributed by atoms with E-state index in [1.54, 1.807) is 0 Å². The zero-order valence-electron chi connectivity index (χ0n) is 58.6. The fourth-order valence-electron chi connectivity index (χ4n) is 12.0. The Morgan fingerprint density at radius 2 is 0.689 bits per heavy atom. The monoisotopic (exact) mass is 1260 g/mol. The molecular weight excluding hydrogens is 1110 g/mol. The van der Waals surface area contributed by atoms with Gasteiger partial charge in [0.05, 0.1) is 25.4 Å². The smallest absolute Gasteiger partial charge is 0.220 e. The maximum Gasteiger partial charge on any atom is 0.220 e. The van der Waals surface area contributed by atoms with Crippen LogP contribution in [0.15, 0.2) is 97.2 Å². The summed E-state index contributed by atoms with van der Waals surface area (Å²) in [5.74, 6) is -0.145. The summed E-state index contributed by atoms with van der Waals surface area (Å²) in [6, 6.07) is -0.728. The molecule has 1 aliphatic rings. The lowest BCUT2D eigenvalue weighted by Crippen LogP contribution is -2.60. The van der Waals surface area contributed by atoms with Gasteiger partial charge in [-0.15, -0.1) is 0 Å². The van der Waals surface area contributed by atoms with Crippen LogP contribution in [0.5, 0.6) is 0 Å². The molecule has 1 heterocycles. The van der Waals surface area contributed by atoms with Crippen molar-refractivity contribution in [3.8, 4) is 0 Å². The Balaban J connectivity index is 2.10. The zero-order chi connectivity index (χ0) is 64.9. The largest absolute Gasteiger partial charge is 0.394 e. The Labute approximate surface area is 555 Å². The van der Waals surface area contributed by atoms with Crippen molar-refractivity contribution in [3.63, 3.8) is 0 Å². The lowest BCUT2D eigenvalue weighted by Gasteiger charge is -2.40. The normalized spacial score (nSPS) is 18.3. The van der Waals surface area contributed by atoms with E-state index < -0.39 is 49.5 Å². The highest BCUT2D eigenvalue weighted by molar-refractivity contribution is 5.76. The molecule has 0 radical (unpaired) electrons. The number of aliphatic hydroxyl groups excluding tert-OH is 5. The molecule has 0 aliphatic carbocycles. The minimum atomic E-state index is -1.56. The van der Waals surface area contributed by atoms with E-state index in [1.165, 1.54) is 238 Å². The van der Waals surface area contributed by atoms with E-state index in [-0.39, 0.29) is 12.5 Å². The molecule has 0 aromatic heterocycles. The summed E-state index contributed by atoms with van der Waals surface area (Å²) in [6.45, 7) is 3.76. The van der Waals surface area contributed by atoms with Crippen LogP contribution in [0.1, 0.15) is 354 Å². The van der Waals surface area contributed by atoms with Gasteiger partial charge < -0.3 is 40.3 Å². The van der Waals surface area contributed by atoms with E-state index in [0.29, 0.717) is 12.8 Å². The predicted molar refractivity (Wildman–Crippen MR) is 387 cm³/mol. The van der Waals surface area contributed by atoms with E-state index in [2.05, 4.69) is 116 Å². The van der Waals surface area contributed by atoms with Crippen LogP contribution in [0.25, 0.3) is 0 Å². The van der Waals surface area contributed by atoms with Crippen molar-refractivity contribution in [2.75, 3.05) is 13.2 Å². The van der Waals surface area contributed by atoms with Gasteiger partial charge in [-0.25, -0.2) is 0 Å². The maximum absolute atomic E-state index is 13.2. The lowest BCUT2D eigenvalue weighted by atomic mass is 9.99. The summed E-state index contributed by atoms with van der Waals surface area (Å²) in [5, 5.41) is 55.1. The third-order valence-corrected chi connectivity index (χ3v) is 18.0. The Hall–Kier alpha value is -2.89. The fraction of sp³-hybridized carbons (Fsp3) is 0.790. The summed E-state index contributed by atoms with van der Waals surface area (Å²) >= 11 is 0. The summed E-state index contributed by atoms with van der Waals surface area (Å²) < 4.78 is 11.4. The van der Waals surface area contributed by atoms with Crippen molar-refractivity contribution in [3.05, 3.63) is 97.2 Å². The molecule has 1 rings (SSSR count). The van der Waals surface area contributed by atoms with E-state index in [1.807, 2.05) is 0 Å². The summed E-state index contributed by atoms with van der Waals surface area (Å²) in [7, 11) is 0. The van der Waals surface area contributed by atoms with Crippen LogP contribution in [-0.2, 0) is 14.3 Å². The molecular formula is C81H145NO8. The number of aliphatic hydroxyl groups is 5. The molecule has 9 nitrogen and oxygen atoms in total. The van der Waals surface area contributed by atoms with Crippen molar-refractivity contribution < 1.29 is 39.8 Å². The molecule has 1 saturated heterocycles. The van der Waals surface area contributed by atoms with Gasteiger partial charge in [0.2, 0.25) is 5.91 Å². The second-order valence-electron chi connectivity index (χ2n) is 26.4. The maximum atomic E-state index is 13.2. The number of amides is 1. The number of carbonyl (C=O) groups is 1. The van der Waals surface area contributed by atoms with Crippen LogP contribution in [0.3, 0.4) is 0 Å². The van der Waals surface area contributed by atoms with Crippen molar-refractivity contribution in [1.29, 1.82) is 0 Å². The van der Waals surface area contributed by atoms with Crippen LogP contribution in [0.4, 0.5) is 0 Å². The molecule has 0 aromatic carbocycles. The SMILES string of the molecule is CC/C=C\C/C=C\C/C=C\C/C=C\C/C=C\C/C=C\C/C=C\C/C=C\CCCCCCCCCCCCCCC(=O)NC(COC1OC(CO)C(O)C(O)C1O)C(O)CCCCCCCCCCCCCCCCCCCCCCCCCCCCCCCC. The lowest BCUT2D eigenvalue weighted by molar-refractivity contribution is -0.302. The van der Waals surface area contributed by atoms with Gasteiger partial charge in [-0.05, 0) is 77.0 Å². The molecule has 0 saturated carbocycles. The molecule has 7 unspecified atom stereocenters. The van der Waals surface area contributed by atoms with Crippen LogP contribution in [-0.4, -0.2) is 87.5 Å².